The van der Waals surface area contributed by atoms with E-state index in [-0.39, 0.29) is 1.43 Å². The molecule has 1 rings (SSSR count). The first-order valence-electron chi connectivity index (χ1n) is 2.59. The molecular formula is C6H8NO2+. The van der Waals surface area contributed by atoms with Crippen LogP contribution in [0.5, 0.6) is 0 Å². The molecule has 48 valence electrons. The lowest BCUT2D eigenvalue weighted by molar-refractivity contribution is -0.114. The molecule has 0 fully saturated rings. The first kappa shape index (κ1) is 5.88. The summed E-state index contributed by atoms with van der Waals surface area (Å²) in [6.07, 6.45) is 4.65. The van der Waals surface area contributed by atoms with Crippen LogP contribution in [-0.4, -0.2) is 12.5 Å². The van der Waals surface area contributed by atoms with Crippen LogP contribution in [0.2, 0.25) is 0 Å². The molecule has 1 aliphatic heterocycles. The van der Waals surface area contributed by atoms with Crippen LogP contribution < -0.4 is 5.73 Å². The first-order chi connectivity index (χ1) is 4.30. The second-order valence-corrected chi connectivity index (χ2v) is 1.66. The Morgan fingerprint density at radius 3 is 3.00 bits per heavy atom. The van der Waals surface area contributed by atoms with Crippen molar-refractivity contribution in [2.45, 2.75) is 0 Å². The number of hydrogen-bond acceptors (Lipinski definition) is 2. The van der Waals surface area contributed by atoms with Crippen LogP contribution in [0.15, 0.2) is 24.0 Å². The van der Waals surface area contributed by atoms with Gasteiger partial charge in [-0.3, -0.25) is 4.79 Å². The van der Waals surface area contributed by atoms with Gasteiger partial charge < -0.3 is 10.5 Å². The summed E-state index contributed by atoms with van der Waals surface area (Å²) in [7, 11) is 0. The lowest BCUT2D eigenvalue weighted by atomic mass is 10.2. The van der Waals surface area contributed by atoms with E-state index in [1.165, 1.54) is 6.26 Å². The Morgan fingerprint density at radius 1 is 1.89 bits per heavy atom. The Kier molecular flexibility index (Phi) is 1.53. The van der Waals surface area contributed by atoms with Crippen LogP contribution >= 0.6 is 0 Å². The van der Waals surface area contributed by atoms with Crippen molar-refractivity contribution < 1.29 is 11.0 Å². The normalized spacial score (nSPS) is 16.2. The van der Waals surface area contributed by atoms with Gasteiger partial charge in [-0.05, 0) is 12.2 Å². The largest absolute Gasteiger partial charge is 1.00 e. The van der Waals surface area contributed by atoms with E-state index < -0.39 is 5.91 Å². The minimum atomic E-state index is -0.408. The second kappa shape index (κ2) is 2.35. The molecule has 0 aromatic carbocycles. The van der Waals surface area contributed by atoms with Crippen molar-refractivity contribution in [2.24, 2.45) is 5.73 Å². The summed E-state index contributed by atoms with van der Waals surface area (Å²) in [5.41, 5.74) is 5.47. The van der Waals surface area contributed by atoms with Gasteiger partial charge in [-0.15, -0.1) is 0 Å². The third kappa shape index (κ3) is 1.32. The van der Waals surface area contributed by atoms with Gasteiger partial charge in [-0.2, -0.15) is 0 Å². The molecular weight excluding hydrogens is 118 g/mol. The molecule has 0 aromatic heterocycles. The number of rotatable bonds is 1. The molecule has 3 heteroatoms. The average Bonchev–Trinajstić information content (AvgIpc) is 1.90. The van der Waals surface area contributed by atoms with E-state index in [4.69, 9.17) is 10.5 Å². The number of amides is 1. The number of carbonyl (C=O) groups excluding carboxylic acids is 1. The molecule has 0 unspecified atom stereocenters. The number of nitrogens with two attached hydrogens (primary N) is 1. The minimum absolute atomic E-state index is 0. The third-order valence-corrected chi connectivity index (χ3v) is 1.03. The van der Waals surface area contributed by atoms with Crippen molar-refractivity contribution in [3.05, 3.63) is 24.0 Å². The van der Waals surface area contributed by atoms with Gasteiger partial charge in [0.1, 0.15) is 6.61 Å². The van der Waals surface area contributed by atoms with E-state index in [2.05, 4.69) is 0 Å². The minimum Gasteiger partial charge on any atom is -0.497 e. The molecule has 1 aliphatic rings. The van der Waals surface area contributed by atoms with Crippen molar-refractivity contribution in [2.75, 3.05) is 6.61 Å². The van der Waals surface area contributed by atoms with Gasteiger partial charge in [-0.1, -0.05) is 0 Å². The van der Waals surface area contributed by atoms with Gasteiger partial charge in [0, 0.05) is 5.57 Å². The molecule has 3 nitrogen and oxygen atoms in total. The molecule has 0 radical (unpaired) electrons. The summed E-state index contributed by atoms with van der Waals surface area (Å²) < 4.78 is 4.79. The molecule has 2 N–H and O–H groups in total. The lowest BCUT2D eigenvalue weighted by Crippen LogP contribution is -2.14. The topological polar surface area (TPSA) is 52.3 Å². The maximum absolute atomic E-state index is 10.4. The average molecular weight is 126 g/mol. The van der Waals surface area contributed by atoms with Crippen molar-refractivity contribution >= 4 is 5.91 Å². The zero-order chi connectivity index (χ0) is 6.69. The Balaban J connectivity index is 0.000000810. The van der Waals surface area contributed by atoms with Crippen LogP contribution in [0, 0.1) is 0 Å². The van der Waals surface area contributed by atoms with E-state index in [1.54, 1.807) is 12.2 Å². The Bertz CT molecular complexity index is 186. The summed E-state index contributed by atoms with van der Waals surface area (Å²) >= 11 is 0. The SMILES string of the molecule is NC(=O)C1=CCOC=C1.[H+]. The summed E-state index contributed by atoms with van der Waals surface area (Å²) in [5, 5.41) is 0. The van der Waals surface area contributed by atoms with Crippen molar-refractivity contribution in [1.29, 1.82) is 0 Å². The maximum atomic E-state index is 10.4. The zero-order valence-electron chi connectivity index (χ0n) is 5.83. The number of primary amides is 1. The van der Waals surface area contributed by atoms with Gasteiger partial charge in [0.25, 0.3) is 0 Å². The first-order valence-corrected chi connectivity index (χ1v) is 2.59. The van der Waals surface area contributed by atoms with Crippen LogP contribution in [0.4, 0.5) is 0 Å². The summed E-state index contributed by atoms with van der Waals surface area (Å²) in [6, 6.07) is 0. The quantitative estimate of drug-likeness (QED) is 0.540. The van der Waals surface area contributed by atoms with Gasteiger partial charge in [0.2, 0.25) is 5.91 Å². The van der Waals surface area contributed by atoms with E-state index in [1.807, 2.05) is 0 Å². The molecule has 0 atom stereocenters. The van der Waals surface area contributed by atoms with Gasteiger partial charge in [0.15, 0.2) is 0 Å². The highest BCUT2D eigenvalue weighted by molar-refractivity contribution is 5.94. The highest BCUT2D eigenvalue weighted by Crippen LogP contribution is 2.01. The summed E-state index contributed by atoms with van der Waals surface area (Å²) in [6.45, 7) is 0.439. The van der Waals surface area contributed by atoms with E-state index in [0.29, 0.717) is 12.2 Å². The predicted molar refractivity (Wildman–Crippen MR) is 33.5 cm³/mol. The standard InChI is InChI=1S/C6H7NO2/c7-6(8)5-1-3-9-4-2-5/h1-3H,4H2,(H2,7,8)/p+1. The number of carbonyl (C=O) groups is 1. The monoisotopic (exact) mass is 126 g/mol. The second-order valence-electron chi connectivity index (χ2n) is 1.66. The van der Waals surface area contributed by atoms with E-state index >= 15 is 0 Å². The van der Waals surface area contributed by atoms with Crippen LogP contribution in [0.1, 0.15) is 1.43 Å². The van der Waals surface area contributed by atoms with E-state index in [0.717, 1.165) is 0 Å². The molecule has 0 saturated carbocycles. The fraction of sp³-hybridized carbons (Fsp3) is 0.167. The number of ether oxygens (including phenoxy) is 1. The third-order valence-electron chi connectivity index (χ3n) is 1.03. The molecule has 1 heterocycles. The molecule has 1 amide bonds. The Morgan fingerprint density at radius 2 is 2.67 bits per heavy atom. The molecule has 0 aliphatic carbocycles. The molecule has 9 heavy (non-hydrogen) atoms. The molecule has 0 saturated heterocycles. The summed E-state index contributed by atoms with van der Waals surface area (Å²) in [5.74, 6) is -0.408. The Hall–Kier alpha value is -1.25. The van der Waals surface area contributed by atoms with Crippen LogP contribution in [0.25, 0.3) is 0 Å². The highest BCUT2D eigenvalue weighted by atomic mass is 16.5. The lowest BCUT2D eigenvalue weighted by Gasteiger charge is -2.02. The van der Waals surface area contributed by atoms with Crippen molar-refractivity contribution in [3.8, 4) is 0 Å². The van der Waals surface area contributed by atoms with Gasteiger partial charge in [0.05, 0.1) is 6.26 Å². The highest BCUT2D eigenvalue weighted by Gasteiger charge is 2.01. The maximum Gasteiger partial charge on any atom is 1.00 e. The summed E-state index contributed by atoms with van der Waals surface area (Å²) in [4.78, 5) is 10.4. The fourth-order valence-electron chi connectivity index (χ4n) is 0.566. The molecule has 0 bridgehead atoms. The molecule has 0 spiro atoms. The van der Waals surface area contributed by atoms with E-state index in [9.17, 15) is 4.79 Å². The van der Waals surface area contributed by atoms with Crippen LogP contribution in [-0.2, 0) is 9.53 Å². The van der Waals surface area contributed by atoms with Crippen LogP contribution in [0.3, 0.4) is 0 Å². The zero-order valence-corrected chi connectivity index (χ0v) is 4.83. The fourth-order valence-corrected chi connectivity index (χ4v) is 0.566. The van der Waals surface area contributed by atoms with Crippen molar-refractivity contribution in [3.63, 3.8) is 0 Å². The van der Waals surface area contributed by atoms with Gasteiger partial charge in [-0.25, -0.2) is 0 Å². The van der Waals surface area contributed by atoms with Crippen molar-refractivity contribution in [1.82, 2.24) is 0 Å². The number of hydrogen-bond donors (Lipinski definition) is 1. The Labute approximate surface area is 54.3 Å². The van der Waals surface area contributed by atoms with Gasteiger partial charge >= 0.3 is 1.43 Å². The smallest absolute Gasteiger partial charge is 0.497 e. The molecule has 0 aromatic rings. The predicted octanol–water partition coefficient (Wildman–Crippen LogP) is 0.0545.